The Balaban J connectivity index is 1.24. The topological polar surface area (TPSA) is 47.7 Å². The number of likely N-dealkylation sites (N-methyl/N-ethyl adjacent to an activating group) is 1. The summed E-state index contributed by atoms with van der Waals surface area (Å²) in [5, 5.41) is 0. The number of para-hydroxylation sites is 2. The molecule has 0 aliphatic rings. The van der Waals surface area contributed by atoms with E-state index in [1.165, 1.54) is 11.1 Å². The molecule has 0 aliphatic heterocycles. The van der Waals surface area contributed by atoms with E-state index in [0.717, 1.165) is 29.0 Å². The summed E-state index contributed by atoms with van der Waals surface area (Å²) < 4.78 is 17.7. The van der Waals surface area contributed by atoms with Gasteiger partial charge in [0.05, 0.1) is 12.6 Å². The van der Waals surface area contributed by atoms with Crippen LogP contribution in [0.25, 0.3) is 11.1 Å². The first-order valence-electron chi connectivity index (χ1n) is 10.6. The van der Waals surface area contributed by atoms with E-state index in [1.54, 1.807) is 0 Å². The van der Waals surface area contributed by atoms with Gasteiger partial charge in [0, 0.05) is 13.5 Å². The molecule has 0 bridgehead atoms. The summed E-state index contributed by atoms with van der Waals surface area (Å²) in [6.45, 7) is 5.38. The molecule has 160 valence electrons. The molecular weight excluding hydrogens is 388 g/mol. The molecule has 1 atom stereocenters. The minimum absolute atomic E-state index is 0.0967. The van der Waals surface area contributed by atoms with Gasteiger partial charge in [-0.2, -0.15) is 4.98 Å². The molecule has 1 heterocycles. The molecule has 5 nitrogen and oxygen atoms in total. The van der Waals surface area contributed by atoms with Gasteiger partial charge in [-0.15, -0.1) is 0 Å². The minimum Gasteiger partial charge on any atom is -0.492 e. The number of nitrogens with zero attached hydrogens (tertiary/aromatic N) is 2. The summed E-state index contributed by atoms with van der Waals surface area (Å²) in [6.07, 6.45) is 0.939. The molecule has 0 spiro atoms. The van der Waals surface area contributed by atoms with Crippen LogP contribution in [0.1, 0.15) is 18.1 Å². The van der Waals surface area contributed by atoms with Crippen molar-refractivity contribution in [2.24, 2.45) is 0 Å². The quantitative estimate of drug-likeness (QED) is 0.352. The molecular formula is C26H28N2O3. The highest BCUT2D eigenvalue weighted by Crippen LogP contribution is 2.21. The summed E-state index contributed by atoms with van der Waals surface area (Å²) in [5.74, 6) is 1.75. The fraction of sp³-hybridized carbons (Fsp3) is 0.269. The number of benzene rings is 3. The number of aryl methyl sites for hydroxylation is 1. The zero-order valence-corrected chi connectivity index (χ0v) is 18.2. The van der Waals surface area contributed by atoms with Gasteiger partial charge in [-0.05, 0) is 55.8 Å². The maximum absolute atomic E-state index is 6.01. The smallest absolute Gasteiger partial charge is 0.298 e. The summed E-state index contributed by atoms with van der Waals surface area (Å²) in [4.78, 5) is 6.46. The van der Waals surface area contributed by atoms with Gasteiger partial charge in [-0.1, -0.05) is 42.0 Å². The molecule has 3 aromatic carbocycles. The normalized spacial score (nSPS) is 12.0. The Kier molecular flexibility index (Phi) is 6.41. The van der Waals surface area contributed by atoms with Gasteiger partial charge in [0.1, 0.15) is 23.6 Å². The second-order valence-corrected chi connectivity index (χ2v) is 7.82. The van der Waals surface area contributed by atoms with E-state index >= 15 is 0 Å². The number of fused-ring (bicyclic) bond motifs is 1. The molecule has 5 heteroatoms. The van der Waals surface area contributed by atoms with E-state index in [0.29, 0.717) is 19.2 Å². The van der Waals surface area contributed by atoms with Gasteiger partial charge in [0.2, 0.25) is 0 Å². The summed E-state index contributed by atoms with van der Waals surface area (Å²) in [7, 11) is 1.95. The molecule has 0 N–H and O–H groups in total. The average molecular weight is 417 g/mol. The van der Waals surface area contributed by atoms with Gasteiger partial charge in [-0.3, -0.25) is 0 Å². The van der Waals surface area contributed by atoms with E-state index in [2.05, 4.69) is 43.1 Å². The van der Waals surface area contributed by atoms with Crippen molar-refractivity contribution in [2.45, 2.75) is 26.4 Å². The van der Waals surface area contributed by atoms with Crippen molar-refractivity contribution in [3.8, 4) is 11.5 Å². The van der Waals surface area contributed by atoms with Crippen LogP contribution in [0.5, 0.6) is 11.5 Å². The number of aromatic nitrogens is 1. The molecule has 0 radical (unpaired) electrons. The summed E-state index contributed by atoms with van der Waals surface area (Å²) >= 11 is 0. The number of hydrogen-bond donors (Lipinski definition) is 0. The summed E-state index contributed by atoms with van der Waals surface area (Å²) in [6, 6.07) is 24.7. The Morgan fingerprint density at radius 1 is 0.935 bits per heavy atom. The Morgan fingerprint density at radius 2 is 1.65 bits per heavy atom. The third-order valence-electron chi connectivity index (χ3n) is 5.11. The number of hydrogen-bond acceptors (Lipinski definition) is 5. The van der Waals surface area contributed by atoms with Crippen LogP contribution in [0.4, 0.5) is 6.01 Å². The predicted octanol–water partition coefficient (Wildman–Crippen LogP) is 5.66. The van der Waals surface area contributed by atoms with Crippen LogP contribution in [0.3, 0.4) is 0 Å². The van der Waals surface area contributed by atoms with Gasteiger partial charge < -0.3 is 18.8 Å². The van der Waals surface area contributed by atoms with Crippen molar-refractivity contribution < 1.29 is 13.9 Å². The van der Waals surface area contributed by atoms with Crippen molar-refractivity contribution in [3.63, 3.8) is 0 Å². The lowest BCUT2D eigenvalue weighted by molar-refractivity contribution is 0.222. The highest BCUT2D eigenvalue weighted by Gasteiger charge is 2.10. The molecule has 31 heavy (non-hydrogen) atoms. The third-order valence-corrected chi connectivity index (χ3v) is 5.11. The summed E-state index contributed by atoms with van der Waals surface area (Å²) in [5.41, 5.74) is 4.11. The number of oxazole rings is 1. The Bertz CT molecular complexity index is 1070. The van der Waals surface area contributed by atoms with E-state index < -0.39 is 0 Å². The monoisotopic (exact) mass is 416 g/mol. The van der Waals surface area contributed by atoms with E-state index in [-0.39, 0.29) is 6.10 Å². The van der Waals surface area contributed by atoms with Gasteiger partial charge >= 0.3 is 0 Å². The lowest BCUT2D eigenvalue weighted by Gasteiger charge is -2.16. The molecule has 0 saturated carbocycles. The number of rotatable bonds is 9. The van der Waals surface area contributed by atoms with Crippen molar-refractivity contribution in [2.75, 3.05) is 25.1 Å². The molecule has 1 unspecified atom stereocenters. The highest BCUT2D eigenvalue weighted by atomic mass is 16.5. The van der Waals surface area contributed by atoms with Crippen LogP contribution in [0.15, 0.2) is 77.2 Å². The van der Waals surface area contributed by atoms with Gasteiger partial charge in [0.25, 0.3) is 6.01 Å². The lowest BCUT2D eigenvalue weighted by Crippen LogP contribution is -2.24. The maximum atomic E-state index is 6.01. The Labute approximate surface area is 183 Å². The Morgan fingerprint density at radius 3 is 2.39 bits per heavy atom. The van der Waals surface area contributed by atoms with Gasteiger partial charge in [-0.25, -0.2) is 0 Å². The average Bonchev–Trinajstić information content (AvgIpc) is 3.21. The van der Waals surface area contributed by atoms with Crippen LogP contribution in [-0.4, -0.2) is 31.3 Å². The van der Waals surface area contributed by atoms with Crippen LogP contribution >= 0.6 is 0 Å². The Hall–Kier alpha value is -3.47. The molecule has 4 aromatic rings. The van der Waals surface area contributed by atoms with Crippen molar-refractivity contribution in [1.29, 1.82) is 0 Å². The zero-order valence-electron chi connectivity index (χ0n) is 18.2. The van der Waals surface area contributed by atoms with E-state index in [9.17, 15) is 0 Å². The third kappa shape index (κ3) is 5.57. The van der Waals surface area contributed by atoms with Crippen LogP contribution in [0.2, 0.25) is 0 Å². The molecule has 4 rings (SSSR count). The molecule has 0 fully saturated rings. The van der Waals surface area contributed by atoms with Crippen molar-refractivity contribution >= 4 is 17.1 Å². The number of ether oxygens (including phenoxy) is 2. The maximum Gasteiger partial charge on any atom is 0.298 e. The lowest BCUT2D eigenvalue weighted by atomic mass is 10.1. The fourth-order valence-corrected chi connectivity index (χ4v) is 3.36. The standard InChI is InChI=1S/C26H28N2O3/c1-19-8-12-23(13-9-19)30-20(2)18-21-10-14-22(15-11-21)29-17-16-28(3)26-27-24-6-4-5-7-25(24)31-26/h4-15,20H,16-18H2,1-3H3. The predicted molar refractivity (Wildman–Crippen MR) is 124 cm³/mol. The molecule has 0 aliphatic carbocycles. The van der Waals surface area contributed by atoms with Gasteiger partial charge in [0.15, 0.2) is 5.58 Å². The SMILES string of the molecule is Cc1ccc(OC(C)Cc2ccc(OCCN(C)c3nc4ccccc4o3)cc2)cc1. The second-order valence-electron chi connectivity index (χ2n) is 7.82. The van der Waals surface area contributed by atoms with Crippen molar-refractivity contribution in [1.82, 2.24) is 4.98 Å². The number of anilines is 1. The first-order valence-corrected chi connectivity index (χ1v) is 10.6. The minimum atomic E-state index is 0.0967. The van der Waals surface area contributed by atoms with E-state index in [4.69, 9.17) is 13.9 Å². The first kappa shape index (κ1) is 20.8. The van der Waals surface area contributed by atoms with Crippen LogP contribution < -0.4 is 14.4 Å². The zero-order chi connectivity index (χ0) is 21.6. The first-order chi connectivity index (χ1) is 15.1. The fourth-order valence-electron chi connectivity index (χ4n) is 3.36. The molecule has 1 aromatic heterocycles. The highest BCUT2D eigenvalue weighted by molar-refractivity contribution is 5.74. The molecule has 0 saturated heterocycles. The molecule has 0 amide bonds. The largest absolute Gasteiger partial charge is 0.492 e. The van der Waals surface area contributed by atoms with E-state index in [1.807, 2.05) is 60.5 Å². The van der Waals surface area contributed by atoms with Crippen LogP contribution in [0, 0.1) is 6.92 Å². The van der Waals surface area contributed by atoms with Crippen molar-refractivity contribution in [3.05, 3.63) is 83.9 Å². The second kappa shape index (κ2) is 9.56. The van der Waals surface area contributed by atoms with Crippen LogP contribution in [-0.2, 0) is 6.42 Å².